The van der Waals surface area contributed by atoms with E-state index in [1.54, 1.807) is 6.07 Å². The number of rotatable bonds is 7. The van der Waals surface area contributed by atoms with E-state index in [-0.39, 0.29) is 25.1 Å². The van der Waals surface area contributed by atoms with Crippen LogP contribution in [0.4, 0.5) is 0 Å². The van der Waals surface area contributed by atoms with Crippen LogP contribution in [-0.2, 0) is 4.79 Å². The highest BCUT2D eigenvalue weighted by atomic mass is 16.5. The van der Waals surface area contributed by atoms with Gasteiger partial charge < -0.3 is 20.1 Å². The van der Waals surface area contributed by atoms with Gasteiger partial charge in [0, 0.05) is 11.6 Å². The van der Waals surface area contributed by atoms with Crippen molar-refractivity contribution < 1.29 is 14.3 Å². The van der Waals surface area contributed by atoms with Crippen LogP contribution in [0.3, 0.4) is 0 Å². The second kappa shape index (κ2) is 7.50. The van der Waals surface area contributed by atoms with Gasteiger partial charge in [-0.2, -0.15) is 5.26 Å². The molecule has 0 spiro atoms. The number of ether oxygens (including phenoxy) is 2. The molecule has 6 nitrogen and oxygen atoms in total. The fourth-order valence-electron chi connectivity index (χ4n) is 2.11. The van der Waals surface area contributed by atoms with Crippen molar-refractivity contribution in [1.29, 1.82) is 5.26 Å². The minimum absolute atomic E-state index is 0.0136. The maximum atomic E-state index is 11.4. The molecule has 21 heavy (non-hydrogen) atoms. The molecule has 0 fully saturated rings. The number of carbonyl (C=O) groups is 1. The van der Waals surface area contributed by atoms with E-state index in [9.17, 15) is 4.79 Å². The van der Waals surface area contributed by atoms with E-state index in [0.717, 1.165) is 24.3 Å². The summed E-state index contributed by atoms with van der Waals surface area (Å²) in [6, 6.07) is 7.63. The molecule has 0 radical (unpaired) electrons. The number of nitrogens with zero attached hydrogens (tertiary/aromatic N) is 1. The Morgan fingerprint density at radius 2 is 2.43 bits per heavy atom. The summed E-state index contributed by atoms with van der Waals surface area (Å²) in [6.45, 7) is 3.56. The lowest BCUT2D eigenvalue weighted by molar-refractivity contribution is -0.122. The van der Waals surface area contributed by atoms with Crippen LogP contribution >= 0.6 is 0 Å². The smallest absolute Gasteiger partial charge is 0.258 e. The molecule has 1 aliphatic rings. The quantitative estimate of drug-likeness (QED) is 0.735. The van der Waals surface area contributed by atoms with Crippen LogP contribution in [0, 0.1) is 11.3 Å². The van der Waals surface area contributed by atoms with Gasteiger partial charge in [-0.1, -0.05) is 6.92 Å². The zero-order valence-corrected chi connectivity index (χ0v) is 12.0. The second-order valence-corrected chi connectivity index (χ2v) is 4.74. The van der Waals surface area contributed by atoms with Crippen molar-refractivity contribution in [1.82, 2.24) is 10.6 Å². The molecule has 0 aliphatic carbocycles. The largest absolute Gasteiger partial charge is 0.491 e. The van der Waals surface area contributed by atoms with Crippen molar-refractivity contribution in [3.63, 3.8) is 0 Å². The van der Waals surface area contributed by atoms with E-state index in [1.165, 1.54) is 0 Å². The summed E-state index contributed by atoms with van der Waals surface area (Å²) in [5.74, 6) is 1.05. The molecule has 1 aromatic carbocycles. The molecule has 1 aromatic rings. The third-order valence-corrected chi connectivity index (χ3v) is 3.14. The summed E-state index contributed by atoms with van der Waals surface area (Å²) in [7, 11) is 0. The molecule has 112 valence electrons. The summed E-state index contributed by atoms with van der Waals surface area (Å²) < 4.78 is 11.0. The van der Waals surface area contributed by atoms with Gasteiger partial charge in [0.15, 0.2) is 6.61 Å². The van der Waals surface area contributed by atoms with Gasteiger partial charge in [0.1, 0.15) is 24.7 Å². The summed E-state index contributed by atoms with van der Waals surface area (Å²) in [6.07, 6.45) is 1.07. The molecular weight excluding hydrogens is 270 g/mol. The molecule has 1 aliphatic heterocycles. The third-order valence-electron chi connectivity index (χ3n) is 3.14. The lowest BCUT2D eigenvalue weighted by atomic mass is 10.1. The van der Waals surface area contributed by atoms with Crippen LogP contribution in [0.15, 0.2) is 18.2 Å². The predicted molar refractivity (Wildman–Crippen MR) is 77.1 cm³/mol. The molecule has 1 unspecified atom stereocenters. The Hall–Kier alpha value is -2.26. The lowest BCUT2D eigenvalue weighted by Crippen LogP contribution is -2.29. The standard InChI is InChI=1S/C15H19N3O3/c1-2-6-17-13-9-21-14-8-11(3-4-12(13)14)20-10-15(19)18-7-5-16/h3-4,8,13,17H,2,6-7,9-10H2,1H3,(H,18,19). The van der Waals surface area contributed by atoms with Gasteiger partial charge in [-0.25, -0.2) is 0 Å². The maximum Gasteiger partial charge on any atom is 0.258 e. The minimum Gasteiger partial charge on any atom is -0.491 e. The highest BCUT2D eigenvalue weighted by Crippen LogP contribution is 2.35. The summed E-state index contributed by atoms with van der Waals surface area (Å²) in [5, 5.41) is 14.2. The van der Waals surface area contributed by atoms with Crippen LogP contribution in [-0.4, -0.2) is 32.2 Å². The summed E-state index contributed by atoms with van der Waals surface area (Å²) >= 11 is 0. The van der Waals surface area contributed by atoms with Gasteiger partial charge in [-0.3, -0.25) is 4.79 Å². The Morgan fingerprint density at radius 3 is 3.19 bits per heavy atom. The number of hydrogen-bond donors (Lipinski definition) is 2. The number of nitrogens with one attached hydrogen (secondary N) is 2. The van der Waals surface area contributed by atoms with E-state index < -0.39 is 0 Å². The predicted octanol–water partition coefficient (Wildman–Crippen LogP) is 1.14. The highest BCUT2D eigenvalue weighted by molar-refractivity contribution is 5.77. The van der Waals surface area contributed by atoms with E-state index >= 15 is 0 Å². The number of carbonyl (C=O) groups excluding carboxylic acids is 1. The molecule has 0 saturated heterocycles. The van der Waals surface area contributed by atoms with Crippen LogP contribution in [0.2, 0.25) is 0 Å². The first kappa shape index (κ1) is 15.1. The van der Waals surface area contributed by atoms with Crippen molar-refractivity contribution >= 4 is 5.91 Å². The van der Waals surface area contributed by atoms with E-state index in [4.69, 9.17) is 14.7 Å². The van der Waals surface area contributed by atoms with Gasteiger partial charge in [0.05, 0.1) is 12.1 Å². The first-order chi connectivity index (χ1) is 10.2. The Kier molecular flexibility index (Phi) is 5.41. The van der Waals surface area contributed by atoms with E-state index in [0.29, 0.717) is 12.4 Å². The molecule has 1 heterocycles. The third kappa shape index (κ3) is 4.10. The first-order valence-electron chi connectivity index (χ1n) is 7.01. The number of amides is 1. The van der Waals surface area contributed by atoms with Crippen LogP contribution in [0.25, 0.3) is 0 Å². The Bertz CT molecular complexity index is 539. The Labute approximate surface area is 124 Å². The Balaban J connectivity index is 1.90. The van der Waals surface area contributed by atoms with Gasteiger partial charge in [0.2, 0.25) is 0 Å². The molecule has 1 amide bonds. The number of hydrogen-bond acceptors (Lipinski definition) is 5. The maximum absolute atomic E-state index is 11.4. The minimum atomic E-state index is -0.319. The van der Waals surface area contributed by atoms with Gasteiger partial charge in [-0.05, 0) is 25.1 Å². The fourth-order valence-corrected chi connectivity index (χ4v) is 2.11. The van der Waals surface area contributed by atoms with E-state index in [2.05, 4.69) is 17.6 Å². The zero-order valence-electron chi connectivity index (χ0n) is 12.0. The fraction of sp³-hybridized carbons (Fsp3) is 0.467. The monoisotopic (exact) mass is 289 g/mol. The van der Waals surface area contributed by atoms with Crippen LogP contribution in [0.1, 0.15) is 24.9 Å². The van der Waals surface area contributed by atoms with E-state index in [1.807, 2.05) is 18.2 Å². The van der Waals surface area contributed by atoms with Crippen molar-refractivity contribution in [3.8, 4) is 17.6 Å². The Morgan fingerprint density at radius 1 is 1.57 bits per heavy atom. The normalized spacial score (nSPS) is 15.7. The van der Waals surface area contributed by atoms with Gasteiger partial charge in [-0.15, -0.1) is 0 Å². The molecule has 0 bridgehead atoms. The summed E-state index contributed by atoms with van der Waals surface area (Å²) in [5.41, 5.74) is 1.12. The zero-order chi connectivity index (χ0) is 15.1. The number of fused-ring (bicyclic) bond motifs is 1. The summed E-state index contributed by atoms with van der Waals surface area (Å²) in [4.78, 5) is 11.4. The first-order valence-corrected chi connectivity index (χ1v) is 7.01. The number of nitriles is 1. The van der Waals surface area contributed by atoms with Crippen molar-refractivity contribution in [2.45, 2.75) is 19.4 Å². The molecule has 0 saturated carbocycles. The van der Waals surface area contributed by atoms with Crippen molar-refractivity contribution in [2.24, 2.45) is 0 Å². The topological polar surface area (TPSA) is 83.4 Å². The van der Waals surface area contributed by atoms with Crippen molar-refractivity contribution in [2.75, 3.05) is 26.3 Å². The average molecular weight is 289 g/mol. The highest BCUT2D eigenvalue weighted by Gasteiger charge is 2.23. The van der Waals surface area contributed by atoms with Crippen LogP contribution in [0.5, 0.6) is 11.5 Å². The lowest BCUT2D eigenvalue weighted by Gasteiger charge is -2.11. The molecule has 2 N–H and O–H groups in total. The molecule has 6 heteroatoms. The molecular formula is C15H19N3O3. The number of benzene rings is 1. The van der Waals surface area contributed by atoms with Crippen molar-refractivity contribution in [3.05, 3.63) is 23.8 Å². The SMILES string of the molecule is CCCNC1COc2cc(OCC(=O)NCC#N)ccc21. The molecule has 2 rings (SSSR count). The van der Waals surface area contributed by atoms with Gasteiger partial charge in [0.25, 0.3) is 5.91 Å². The van der Waals surface area contributed by atoms with Crippen LogP contribution < -0.4 is 20.1 Å². The second-order valence-electron chi connectivity index (χ2n) is 4.74. The molecule has 0 aromatic heterocycles. The average Bonchev–Trinajstić information content (AvgIpc) is 2.91. The molecule has 1 atom stereocenters. The van der Waals surface area contributed by atoms with Gasteiger partial charge >= 0.3 is 0 Å².